The van der Waals surface area contributed by atoms with E-state index in [4.69, 9.17) is 4.74 Å². The number of rotatable bonds is 4. The zero-order valence-corrected chi connectivity index (χ0v) is 16.3. The van der Waals surface area contributed by atoms with Crippen molar-refractivity contribution in [3.05, 3.63) is 40.7 Å². The van der Waals surface area contributed by atoms with Gasteiger partial charge < -0.3 is 20.4 Å². The number of fused-ring (bicyclic) bond motifs is 4. The molecule has 2 aliphatic rings. The Balaban J connectivity index is 1.77. The van der Waals surface area contributed by atoms with Crippen LogP contribution in [0.2, 0.25) is 0 Å². The Kier molecular flexibility index (Phi) is 4.59. The number of aliphatic hydroxyl groups excluding tert-OH is 1. The molecule has 28 heavy (non-hydrogen) atoms. The van der Waals surface area contributed by atoms with Crippen LogP contribution in [-0.4, -0.2) is 44.5 Å². The van der Waals surface area contributed by atoms with Crippen LogP contribution in [0.15, 0.2) is 18.6 Å². The van der Waals surface area contributed by atoms with Crippen LogP contribution in [-0.2, 0) is 11.2 Å². The van der Waals surface area contributed by atoms with E-state index in [9.17, 15) is 15.1 Å². The molecule has 2 aliphatic heterocycles. The van der Waals surface area contributed by atoms with Crippen molar-refractivity contribution >= 4 is 5.91 Å². The molecular weight excluding hydrogens is 362 g/mol. The smallest absolute Gasteiger partial charge is 0.272 e. The van der Waals surface area contributed by atoms with Crippen molar-refractivity contribution in [2.24, 2.45) is 5.41 Å². The molecule has 0 radical (unpaired) electrons. The van der Waals surface area contributed by atoms with Gasteiger partial charge >= 0.3 is 0 Å². The summed E-state index contributed by atoms with van der Waals surface area (Å²) in [5.74, 6) is 0.00693. The largest absolute Gasteiger partial charge is 0.619 e. The van der Waals surface area contributed by atoms with Crippen LogP contribution >= 0.6 is 0 Å². The van der Waals surface area contributed by atoms with Crippen LogP contribution in [0, 0.1) is 10.6 Å². The summed E-state index contributed by atoms with van der Waals surface area (Å²) in [4.78, 5) is 17.3. The van der Waals surface area contributed by atoms with Gasteiger partial charge in [0.15, 0.2) is 11.9 Å². The van der Waals surface area contributed by atoms with E-state index in [2.05, 4.69) is 15.4 Å². The second-order valence-electron chi connectivity index (χ2n) is 8.50. The molecule has 150 valence electrons. The number of nitrogens with zero attached hydrogens (tertiary/aromatic N) is 4. The molecule has 1 fully saturated rings. The van der Waals surface area contributed by atoms with Gasteiger partial charge in [-0.3, -0.25) is 4.79 Å². The fourth-order valence-corrected chi connectivity index (χ4v) is 3.87. The zero-order valence-electron chi connectivity index (χ0n) is 16.3. The highest BCUT2D eigenvalue weighted by Crippen LogP contribution is 2.42. The highest BCUT2D eigenvalue weighted by Gasteiger charge is 2.41. The normalized spacial score (nSPS) is 22.0. The lowest BCUT2D eigenvalue weighted by atomic mass is 9.87. The van der Waals surface area contributed by atoms with E-state index in [1.165, 1.54) is 18.6 Å². The maximum Gasteiger partial charge on any atom is 0.272 e. The van der Waals surface area contributed by atoms with Gasteiger partial charge in [-0.05, 0) is 18.3 Å². The minimum atomic E-state index is -0.406. The molecular formula is C19H25N5O4. The molecule has 2 N–H and O–H groups in total. The Bertz CT molecular complexity index is 904. The number of nitrogens with one attached hydrogen (secondary N) is 1. The van der Waals surface area contributed by atoms with Crippen LogP contribution in [0.25, 0.3) is 5.82 Å². The molecule has 4 rings (SSSR count). The number of hydrogen-bond acceptors (Lipinski definition) is 6. The van der Waals surface area contributed by atoms with Crippen molar-refractivity contribution in [3.63, 3.8) is 0 Å². The number of aliphatic hydroxyl groups is 1. The second-order valence-corrected chi connectivity index (χ2v) is 8.50. The second kappa shape index (κ2) is 6.82. The Morgan fingerprint density at radius 1 is 1.50 bits per heavy atom. The van der Waals surface area contributed by atoms with Gasteiger partial charge in [0.1, 0.15) is 6.10 Å². The summed E-state index contributed by atoms with van der Waals surface area (Å²) in [5, 5.41) is 28.8. The van der Waals surface area contributed by atoms with Crippen molar-refractivity contribution in [2.45, 2.75) is 58.3 Å². The molecule has 2 aromatic heterocycles. The van der Waals surface area contributed by atoms with Crippen molar-refractivity contribution in [1.82, 2.24) is 20.1 Å². The molecule has 9 heteroatoms. The van der Waals surface area contributed by atoms with Crippen LogP contribution < -0.4 is 10.0 Å². The van der Waals surface area contributed by atoms with E-state index in [0.29, 0.717) is 22.7 Å². The summed E-state index contributed by atoms with van der Waals surface area (Å²) in [6, 6.07) is -0.406. The molecule has 0 aliphatic carbocycles. The quantitative estimate of drug-likeness (QED) is 0.592. The third-order valence-corrected chi connectivity index (χ3v) is 5.50. The Morgan fingerprint density at radius 2 is 2.29 bits per heavy atom. The average molecular weight is 387 g/mol. The minimum Gasteiger partial charge on any atom is -0.619 e. The van der Waals surface area contributed by atoms with Gasteiger partial charge in [-0.1, -0.05) is 20.8 Å². The lowest BCUT2D eigenvalue weighted by molar-refractivity contribution is -0.605. The van der Waals surface area contributed by atoms with Crippen LogP contribution in [0.3, 0.4) is 0 Å². The van der Waals surface area contributed by atoms with Crippen molar-refractivity contribution < 1.29 is 19.4 Å². The van der Waals surface area contributed by atoms with E-state index >= 15 is 0 Å². The summed E-state index contributed by atoms with van der Waals surface area (Å²) in [5.41, 5.74) is 1.63. The molecule has 0 unspecified atom stereocenters. The minimum absolute atomic E-state index is 0.0751. The van der Waals surface area contributed by atoms with Gasteiger partial charge in [0.2, 0.25) is 12.0 Å². The van der Waals surface area contributed by atoms with Crippen LogP contribution in [0.1, 0.15) is 61.5 Å². The lowest BCUT2D eigenvalue weighted by Crippen LogP contribution is -2.46. The van der Waals surface area contributed by atoms with Crippen molar-refractivity contribution in [3.8, 4) is 5.82 Å². The molecule has 2 aromatic rings. The fourth-order valence-electron chi connectivity index (χ4n) is 3.87. The van der Waals surface area contributed by atoms with E-state index < -0.39 is 6.04 Å². The number of carbonyl (C=O) groups excluding carboxylic acids is 1. The van der Waals surface area contributed by atoms with E-state index in [-0.39, 0.29) is 30.1 Å². The first-order valence-corrected chi connectivity index (χ1v) is 9.52. The highest BCUT2D eigenvalue weighted by atomic mass is 16.5. The van der Waals surface area contributed by atoms with Gasteiger partial charge in [0.25, 0.3) is 5.91 Å². The Morgan fingerprint density at radius 3 is 2.96 bits per heavy atom. The number of hydrogen-bond donors (Lipinski definition) is 2. The Hall–Kier alpha value is -2.52. The lowest BCUT2D eigenvalue weighted by Gasteiger charge is -2.29. The summed E-state index contributed by atoms with van der Waals surface area (Å²) in [6.07, 6.45) is 6.29. The van der Waals surface area contributed by atoms with Gasteiger partial charge in [-0.15, -0.1) is 0 Å². The predicted molar refractivity (Wildman–Crippen MR) is 98.7 cm³/mol. The number of carbonyl (C=O) groups is 1. The number of amides is 1. The third kappa shape index (κ3) is 3.24. The zero-order chi connectivity index (χ0) is 20.1. The SMILES string of the molecule is CC(C)(C)[C@@H](CO)NC(=O)c1nn(-c2c[n+]([O-])ccn2)c2c1C[C@H]1CC[C@@H]2O1. The first-order valence-electron chi connectivity index (χ1n) is 9.52. The predicted octanol–water partition coefficient (Wildman–Crippen LogP) is 0.814. The van der Waals surface area contributed by atoms with Gasteiger partial charge in [-0.25, -0.2) is 9.67 Å². The molecule has 0 spiro atoms. The average Bonchev–Trinajstić information content (AvgIpc) is 3.21. The standard InChI is InChI=1S/C19H25N5O4/c1-19(2,3)14(10-25)21-18(26)16-12-8-11-4-5-13(28-11)17(12)24(22-16)15-9-23(27)7-6-20-15/h6-7,9,11,13-14,25H,4-5,8,10H2,1-3H3,(H,21,26)/t11-,13+,14-/m1/s1. The van der Waals surface area contributed by atoms with E-state index in [1.54, 1.807) is 4.68 Å². The maximum absolute atomic E-state index is 13.1. The van der Waals surface area contributed by atoms with Gasteiger partial charge in [-0.2, -0.15) is 9.83 Å². The molecule has 2 bridgehead atoms. The highest BCUT2D eigenvalue weighted by molar-refractivity contribution is 5.94. The first-order chi connectivity index (χ1) is 13.3. The van der Waals surface area contributed by atoms with Crippen LogP contribution in [0.5, 0.6) is 0 Å². The molecule has 9 nitrogen and oxygen atoms in total. The third-order valence-electron chi connectivity index (χ3n) is 5.50. The van der Waals surface area contributed by atoms with Gasteiger partial charge in [0, 0.05) is 12.0 Å². The topological polar surface area (TPSA) is 116 Å². The molecule has 1 saturated heterocycles. The Labute approximate surface area is 162 Å². The first kappa shape index (κ1) is 18.8. The summed E-state index contributed by atoms with van der Waals surface area (Å²) < 4.78 is 8.22. The molecule has 0 aromatic carbocycles. The summed E-state index contributed by atoms with van der Waals surface area (Å²) in [7, 11) is 0. The fraction of sp³-hybridized carbons (Fsp3) is 0.579. The molecule has 3 atom stereocenters. The van der Waals surface area contributed by atoms with Crippen molar-refractivity contribution in [2.75, 3.05) is 6.61 Å². The summed E-state index contributed by atoms with van der Waals surface area (Å²) >= 11 is 0. The van der Waals surface area contributed by atoms with E-state index in [0.717, 1.165) is 24.1 Å². The van der Waals surface area contributed by atoms with E-state index in [1.807, 2.05) is 20.8 Å². The van der Waals surface area contributed by atoms with Crippen molar-refractivity contribution in [1.29, 1.82) is 0 Å². The van der Waals surface area contributed by atoms with Gasteiger partial charge in [0.05, 0.1) is 30.6 Å². The monoisotopic (exact) mass is 387 g/mol. The molecule has 1 amide bonds. The number of ether oxygens (including phenoxy) is 1. The summed E-state index contributed by atoms with van der Waals surface area (Å²) in [6.45, 7) is 5.70. The van der Waals surface area contributed by atoms with Crippen LogP contribution in [0.4, 0.5) is 0 Å². The number of aromatic nitrogens is 4. The molecule has 4 heterocycles. The maximum atomic E-state index is 13.1. The molecule has 0 saturated carbocycles.